The fourth-order valence-electron chi connectivity index (χ4n) is 2.25. The Morgan fingerprint density at radius 3 is 1.25 bits per heavy atom. The number of epoxide rings is 2. The van der Waals surface area contributed by atoms with Gasteiger partial charge in [0.2, 0.25) is 0 Å². The van der Waals surface area contributed by atoms with Crippen LogP contribution in [-0.4, -0.2) is 70.8 Å². The van der Waals surface area contributed by atoms with E-state index in [9.17, 15) is 0 Å². The molecule has 3 N–H and O–H groups in total. The summed E-state index contributed by atoms with van der Waals surface area (Å²) in [6.45, 7) is 15.5. The van der Waals surface area contributed by atoms with Crippen molar-refractivity contribution in [1.29, 1.82) is 0 Å². The zero-order valence-electron chi connectivity index (χ0n) is 16.3. The van der Waals surface area contributed by atoms with E-state index in [1.54, 1.807) is 0 Å². The van der Waals surface area contributed by atoms with Crippen molar-refractivity contribution < 1.29 is 29.5 Å². The molecule has 0 aromatic carbocycles. The normalized spacial score (nSPS) is 29.8. The van der Waals surface area contributed by atoms with Gasteiger partial charge >= 0.3 is 0 Å². The zero-order chi connectivity index (χ0) is 18.9. The summed E-state index contributed by atoms with van der Waals surface area (Å²) in [7, 11) is 0. The van der Waals surface area contributed by atoms with E-state index in [1.807, 2.05) is 6.92 Å². The van der Waals surface area contributed by atoms with Gasteiger partial charge in [-0.1, -0.05) is 6.92 Å². The fourth-order valence-corrected chi connectivity index (χ4v) is 2.25. The molecular formula is C18H36O6. The van der Waals surface area contributed by atoms with Gasteiger partial charge in [0, 0.05) is 5.41 Å². The van der Waals surface area contributed by atoms with Crippen LogP contribution in [0.2, 0.25) is 0 Å². The lowest BCUT2D eigenvalue weighted by molar-refractivity contribution is -0.177. The Bertz CT molecular complexity index is 360. The van der Waals surface area contributed by atoms with Gasteiger partial charge in [0.05, 0.1) is 44.2 Å². The van der Waals surface area contributed by atoms with E-state index < -0.39 is 5.41 Å². The maximum Gasteiger partial charge on any atom is 0.117 e. The van der Waals surface area contributed by atoms with Crippen LogP contribution in [0.1, 0.15) is 54.9 Å². The minimum Gasteiger partial charge on any atom is -0.396 e. The van der Waals surface area contributed by atoms with Crippen molar-refractivity contribution in [2.75, 3.05) is 33.0 Å². The highest BCUT2D eigenvalue weighted by atomic mass is 16.7. The minimum absolute atomic E-state index is 0.129. The molecule has 0 bridgehead atoms. The third kappa shape index (κ3) is 4.48. The van der Waals surface area contributed by atoms with Crippen molar-refractivity contribution in [3.63, 3.8) is 0 Å². The summed E-state index contributed by atoms with van der Waals surface area (Å²) in [6.07, 6.45) is 0.594. The second-order valence-electron chi connectivity index (χ2n) is 8.49. The van der Waals surface area contributed by atoms with Gasteiger partial charge < -0.3 is 29.5 Å². The van der Waals surface area contributed by atoms with Gasteiger partial charge in [-0.05, 0) is 48.0 Å². The highest BCUT2D eigenvalue weighted by Gasteiger charge is 2.61. The molecule has 2 aliphatic heterocycles. The van der Waals surface area contributed by atoms with Crippen LogP contribution >= 0.6 is 0 Å². The molecule has 6 heteroatoms. The van der Waals surface area contributed by atoms with Crippen molar-refractivity contribution in [1.82, 2.24) is 0 Å². The van der Waals surface area contributed by atoms with Gasteiger partial charge in [0.15, 0.2) is 0 Å². The molecule has 0 aromatic heterocycles. The van der Waals surface area contributed by atoms with Crippen molar-refractivity contribution in [2.24, 2.45) is 5.41 Å². The van der Waals surface area contributed by atoms with E-state index in [0.29, 0.717) is 6.42 Å². The molecule has 2 atom stereocenters. The lowest BCUT2D eigenvalue weighted by Gasteiger charge is -2.40. The Morgan fingerprint density at radius 2 is 1.12 bits per heavy atom. The molecule has 2 fully saturated rings. The van der Waals surface area contributed by atoms with Crippen molar-refractivity contribution in [3.8, 4) is 0 Å². The largest absolute Gasteiger partial charge is 0.396 e. The maximum atomic E-state index is 8.66. The predicted molar refractivity (Wildman–Crippen MR) is 91.9 cm³/mol. The molecule has 0 amide bonds. The van der Waals surface area contributed by atoms with Crippen LogP contribution in [0.3, 0.4) is 0 Å². The summed E-state index contributed by atoms with van der Waals surface area (Å²) in [4.78, 5) is 0. The molecule has 6 nitrogen and oxygen atoms in total. The highest BCUT2D eigenvalue weighted by Crippen LogP contribution is 2.47. The first-order valence-electron chi connectivity index (χ1n) is 8.67. The molecular weight excluding hydrogens is 312 g/mol. The van der Waals surface area contributed by atoms with E-state index in [1.165, 1.54) is 0 Å². The van der Waals surface area contributed by atoms with Crippen LogP contribution < -0.4 is 0 Å². The SMILES string of the molecule is CC(C)(OC(C)(C)C1(C)CO1)C1(C)CO1.CCC(CO)(CO)CO. The Labute approximate surface area is 146 Å². The second kappa shape index (κ2) is 7.17. The predicted octanol–water partition coefficient (Wildman–Crippen LogP) is 1.50. The van der Waals surface area contributed by atoms with Gasteiger partial charge in [-0.25, -0.2) is 0 Å². The summed E-state index contributed by atoms with van der Waals surface area (Å²) in [5, 5.41) is 26.0. The molecule has 0 aliphatic carbocycles. The monoisotopic (exact) mass is 348 g/mol. The first kappa shape index (κ1) is 21.8. The first-order valence-corrected chi connectivity index (χ1v) is 8.67. The number of hydrogen-bond acceptors (Lipinski definition) is 6. The molecule has 2 heterocycles. The summed E-state index contributed by atoms with van der Waals surface area (Å²) in [6, 6.07) is 0. The van der Waals surface area contributed by atoms with Gasteiger partial charge in [-0.15, -0.1) is 0 Å². The highest BCUT2D eigenvalue weighted by molar-refractivity contribution is 5.08. The van der Waals surface area contributed by atoms with Crippen molar-refractivity contribution >= 4 is 0 Å². The molecule has 2 rings (SSSR count). The minimum atomic E-state index is -0.667. The van der Waals surface area contributed by atoms with Crippen LogP contribution in [0, 0.1) is 5.41 Å². The number of ether oxygens (including phenoxy) is 3. The molecule has 0 spiro atoms. The number of aliphatic hydroxyl groups is 3. The van der Waals surface area contributed by atoms with E-state index in [0.717, 1.165) is 13.2 Å². The summed E-state index contributed by atoms with van der Waals surface area (Å²) >= 11 is 0. The van der Waals surface area contributed by atoms with Gasteiger partial charge in [0.1, 0.15) is 11.2 Å². The Morgan fingerprint density at radius 1 is 0.833 bits per heavy atom. The molecule has 2 unspecified atom stereocenters. The second-order valence-corrected chi connectivity index (χ2v) is 8.49. The molecule has 2 saturated heterocycles. The fraction of sp³-hybridized carbons (Fsp3) is 1.00. The standard InChI is InChI=1S/C12H22O3.C6H14O3/c1-9(2,11(5)7-13-11)15-10(3,4)12(6)8-14-12;1-2-6(3-7,4-8)5-9/h7-8H2,1-6H3;7-9H,2-5H2,1H3. The van der Waals surface area contributed by atoms with Crippen molar-refractivity contribution in [2.45, 2.75) is 77.3 Å². The van der Waals surface area contributed by atoms with E-state index in [-0.39, 0.29) is 42.2 Å². The van der Waals surface area contributed by atoms with Crippen LogP contribution in [-0.2, 0) is 14.2 Å². The summed E-state index contributed by atoms with van der Waals surface area (Å²) in [5.74, 6) is 0. The zero-order valence-corrected chi connectivity index (χ0v) is 16.3. The average molecular weight is 348 g/mol. The Hall–Kier alpha value is -0.240. The van der Waals surface area contributed by atoms with Crippen LogP contribution in [0.4, 0.5) is 0 Å². The topological polar surface area (TPSA) is 95.0 Å². The number of aliphatic hydroxyl groups excluding tert-OH is 3. The summed E-state index contributed by atoms with van der Waals surface area (Å²) < 4.78 is 17.2. The van der Waals surface area contributed by atoms with Crippen molar-refractivity contribution in [3.05, 3.63) is 0 Å². The molecule has 0 radical (unpaired) electrons. The average Bonchev–Trinajstić information content (AvgIpc) is 3.42. The summed E-state index contributed by atoms with van der Waals surface area (Å²) in [5.41, 5.74) is -1.47. The number of rotatable bonds is 8. The Kier molecular flexibility index (Phi) is 6.52. The molecule has 0 saturated carbocycles. The lowest BCUT2D eigenvalue weighted by atomic mass is 9.88. The lowest BCUT2D eigenvalue weighted by Crippen LogP contribution is -2.52. The van der Waals surface area contributed by atoms with Crippen LogP contribution in [0.25, 0.3) is 0 Å². The van der Waals surface area contributed by atoms with E-state index in [4.69, 9.17) is 29.5 Å². The van der Waals surface area contributed by atoms with Gasteiger partial charge in [-0.3, -0.25) is 0 Å². The van der Waals surface area contributed by atoms with Crippen LogP contribution in [0.5, 0.6) is 0 Å². The van der Waals surface area contributed by atoms with Gasteiger partial charge in [-0.2, -0.15) is 0 Å². The first-order chi connectivity index (χ1) is 10.9. The Balaban J connectivity index is 0.000000277. The third-order valence-corrected chi connectivity index (χ3v) is 5.97. The molecule has 0 aromatic rings. The van der Waals surface area contributed by atoms with E-state index >= 15 is 0 Å². The quantitative estimate of drug-likeness (QED) is 0.576. The third-order valence-electron chi connectivity index (χ3n) is 5.97. The maximum absolute atomic E-state index is 8.66. The van der Waals surface area contributed by atoms with Crippen LogP contribution in [0.15, 0.2) is 0 Å². The molecule has 144 valence electrons. The van der Waals surface area contributed by atoms with Gasteiger partial charge in [0.25, 0.3) is 0 Å². The number of hydrogen-bond donors (Lipinski definition) is 3. The molecule has 2 aliphatic rings. The smallest absolute Gasteiger partial charge is 0.117 e. The van der Waals surface area contributed by atoms with E-state index in [2.05, 4.69) is 41.5 Å². The molecule has 24 heavy (non-hydrogen) atoms.